The van der Waals surface area contributed by atoms with Crippen molar-refractivity contribution in [1.29, 1.82) is 0 Å². The summed E-state index contributed by atoms with van der Waals surface area (Å²) in [7, 11) is -1.72. The van der Waals surface area contributed by atoms with Crippen LogP contribution in [0.1, 0.15) is 91.7 Å². The molecule has 0 aliphatic heterocycles. The van der Waals surface area contributed by atoms with Gasteiger partial charge in [-0.15, -0.1) is 0 Å². The fraction of sp³-hybridized carbons (Fsp3) is 0.361. The molecule has 0 unspecified atom stereocenters. The van der Waals surface area contributed by atoms with Gasteiger partial charge in [0, 0.05) is 0 Å². The average molecular weight is 537 g/mol. The normalized spacial score (nSPS) is 15.4. The molecule has 204 valence electrons. The number of esters is 1. The number of fused-ring (bicyclic) bond motifs is 1. The molecular weight excluding hydrogens is 492 g/mol. The monoisotopic (exact) mass is 536 g/mol. The zero-order valence-electron chi connectivity index (χ0n) is 25.2. The second kappa shape index (κ2) is 10.8. The lowest BCUT2D eigenvalue weighted by atomic mass is 9.71. The van der Waals surface area contributed by atoms with Crippen LogP contribution in [0.4, 0.5) is 0 Å². The van der Waals surface area contributed by atoms with Gasteiger partial charge in [0.25, 0.3) is 0 Å². The fourth-order valence-electron chi connectivity index (χ4n) is 5.35. The van der Waals surface area contributed by atoms with Crippen molar-refractivity contribution in [3.05, 3.63) is 112 Å². The molecule has 0 atom stereocenters. The maximum Gasteiger partial charge on any atom is 0.338 e. The Kier molecular flexibility index (Phi) is 7.96. The second-order valence-corrected chi connectivity index (χ2v) is 18.5. The van der Waals surface area contributed by atoms with Crippen molar-refractivity contribution in [1.82, 2.24) is 0 Å². The molecule has 0 N–H and O–H groups in total. The van der Waals surface area contributed by atoms with Gasteiger partial charge >= 0.3 is 5.97 Å². The Morgan fingerprint density at radius 3 is 2.10 bits per heavy atom. The highest BCUT2D eigenvalue weighted by Gasteiger charge is 2.30. The molecule has 0 fully saturated rings. The summed E-state index contributed by atoms with van der Waals surface area (Å²) in [6, 6.07) is 24.0. The van der Waals surface area contributed by atoms with E-state index in [0.29, 0.717) is 12.2 Å². The maximum absolute atomic E-state index is 12.1. The quantitative estimate of drug-likeness (QED) is 0.178. The first-order valence-electron chi connectivity index (χ1n) is 14.2. The van der Waals surface area contributed by atoms with E-state index < -0.39 is 8.07 Å². The molecule has 0 radical (unpaired) electrons. The van der Waals surface area contributed by atoms with Crippen LogP contribution in [0.2, 0.25) is 19.6 Å². The van der Waals surface area contributed by atoms with Gasteiger partial charge in [0.1, 0.15) is 0 Å². The Labute approximate surface area is 236 Å². The third kappa shape index (κ3) is 6.36. The predicted molar refractivity (Wildman–Crippen MR) is 170 cm³/mol. The summed E-state index contributed by atoms with van der Waals surface area (Å²) in [6.07, 6.45) is 5.78. The molecule has 0 heterocycles. The molecular formula is C36H44O2Si. The van der Waals surface area contributed by atoms with Crippen LogP contribution in [-0.2, 0) is 15.6 Å². The molecule has 1 aliphatic rings. The topological polar surface area (TPSA) is 26.3 Å². The van der Waals surface area contributed by atoms with Crippen LogP contribution in [0.5, 0.6) is 0 Å². The number of rotatable bonds is 6. The minimum Gasteiger partial charge on any atom is -0.462 e. The summed E-state index contributed by atoms with van der Waals surface area (Å²) in [5, 5.41) is 1.40. The van der Waals surface area contributed by atoms with Gasteiger partial charge in [-0.05, 0) is 81.3 Å². The summed E-state index contributed by atoms with van der Waals surface area (Å²) in [6.45, 7) is 20.9. The number of hydrogen-bond acceptors (Lipinski definition) is 2. The van der Waals surface area contributed by atoms with Crippen LogP contribution < -0.4 is 0 Å². The van der Waals surface area contributed by atoms with Crippen molar-refractivity contribution in [2.45, 2.75) is 78.4 Å². The molecule has 2 nitrogen and oxygen atoms in total. The molecule has 39 heavy (non-hydrogen) atoms. The zero-order chi connectivity index (χ0) is 28.6. The summed E-state index contributed by atoms with van der Waals surface area (Å²) in [5.74, 6) is -0.273. The SMILES string of the molecule is CCOC(=O)c1ccc(/C=C(/c2ccc3c(c2)C(c2ccc(C(C)(C)C)cc2)=CCC3(C)C)[Si](C)(C)C)cc1. The third-order valence-corrected chi connectivity index (χ3v) is 9.82. The number of hydrogen-bond donors (Lipinski definition) is 0. The van der Waals surface area contributed by atoms with E-state index in [4.69, 9.17) is 4.74 Å². The van der Waals surface area contributed by atoms with Gasteiger partial charge in [-0.1, -0.05) is 120 Å². The largest absolute Gasteiger partial charge is 0.462 e. The highest BCUT2D eigenvalue weighted by atomic mass is 28.3. The van der Waals surface area contributed by atoms with Crippen molar-refractivity contribution in [2.24, 2.45) is 0 Å². The minimum absolute atomic E-state index is 0.0919. The standard InChI is InChI=1S/C36H44O2Si/c1-10-38-34(37)27-13-11-25(12-14-27)23-33(39(7,8)9)28-17-20-32-31(24-28)30(21-22-36(32,5)6)26-15-18-29(19-16-26)35(2,3)4/h11-21,23-24H,10,22H2,1-9H3/b33-23-. The van der Waals surface area contributed by atoms with Gasteiger partial charge in [0.05, 0.1) is 20.2 Å². The number of benzene rings is 3. The fourth-order valence-corrected chi connectivity index (χ4v) is 6.98. The zero-order valence-corrected chi connectivity index (χ0v) is 26.2. The van der Waals surface area contributed by atoms with E-state index in [1.165, 1.54) is 38.6 Å². The van der Waals surface area contributed by atoms with Crippen LogP contribution in [0.3, 0.4) is 0 Å². The van der Waals surface area contributed by atoms with E-state index in [2.05, 4.69) is 109 Å². The van der Waals surface area contributed by atoms with Crippen molar-refractivity contribution in [3.8, 4) is 0 Å². The molecule has 3 heteroatoms. The third-order valence-electron chi connectivity index (χ3n) is 7.77. The second-order valence-electron chi connectivity index (χ2n) is 13.4. The van der Waals surface area contributed by atoms with E-state index in [1.807, 2.05) is 31.2 Å². The van der Waals surface area contributed by atoms with E-state index >= 15 is 0 Å². The molecule has 1 aliphatic carbocycles. The van der Waals surface area contributed by atoms with Crippen molar-refractivity contribution in [3.63, 3.8) is 0 Å². The van der Waals surface area contributed by atoms with E-state index in [0.717, 1.165) is 12.0 Å². The van der Waals surface area contributed by atoms with E-state index in [9.17, 15) is 4.79 Å². The van der Waals surface area contributed by atoms with Crippen molar-refractivity contribution >= 4 is 30.9 Å². The lowest BCUT2D eigenvalue weighted by Gasteiger charge is -2.33. The number of allylic oxidation sites excluding steroid dienone is 1. The molecule has 3 aromatic rings. The van der Waals surface area contributed by atoms with Gasteiger partial charge in [-0.25, -0.2) is 4.79 Å². The number of ether oxygens (including phenoxy) is 1. The molecule has 0 spiro atoms. The Hall–Kier alpha value is -3.17. The lowest BCUT2D eigenvalue weighted by molar-refractivity contribution is 0.0526. The van der Waals surface area contributed by atoms with Crippen LogP contribution in [0, 0.1) is 0 Å². The van der Waals surface area contributed by atoms with Gasteiger partial charge < -0.3 is 4.74 Å². The van der Waals surface area contributed by atoms with Crippen LogP contribution >= 0.6 is 0 Å². The van der Waals surface area contributed by atoms with Crippen molar-refractivity contribution < 1.29 is 9.53 Å². The Morgan fingerprint density at radius 2 is 1.54 bits per heavy atom. The van der Waals surface area contributed by atoms with Crippen LogP contribution in [0.15, 0.2) is 72.8 Å². The number of carbonyl (C=O) groups excluding carboxylic acids is 1. The Morgan fingerprint density at radius 1 is 0.923 bits per heavy atom. The summed E-state index contributed by atoms with van der Waals surface area (Å²) < 4.78 is 5.16. The summed E-state index contributed by atoms with van der Waals surface area (Å²) in [4.78, 5) is 12.1. The van der Waals surface area contributed by atoms with E-state index in [-0.39, 0.29) is 16.8 Å². The lowest BCUT2D eigenvalue weighted by Crippen LogP contribution is -2.25. The minimum atomic E-state index is -1.72. The molecule has 3 aromatic carbocycles. The number of carbonyl (C=O) groups is 1. The Balaban J connectivity index is 1.79. The summed E-state index contributed by atoms with van der Waals surface area (Å²) in [5.41, 5.74) is 9.94. The first-order chi connectivity index (χ1) is 18.2. The van der Waals surface area contributed by atoms with Crippen LogP contribution in [-0.4, -0.2) is 20.7 Å². The van der Waals surface area contributed by atoms with Crippen LogP contribution in [0.25, 0.3) is 16.8 Å². The molecule has 0 saturated heterocycles. The highest BCUT2D eigenvalue weighted by molar-refractivity contribution is 6.94. The maximum atomic E-state index is 12.1. The molecule has 4 rings (SSSR count). The van der Waals surface area contributed by atoms with Gasteiger partial charge in [0.2, 0.25) is 0 Å². The molecule has 0 saturated carbocycles. The molecule has 0 bridgehead atoms. The molecule has 0 aromatic heterocycles. The van der Waals surface area contributed by atoms with Gasteiger partial charge in [-0.2, -0.15) is 0 Å². The molecule has 0 amide bonds. The highest BCUT2D eigenvalue weighted by Crippen LogP contribution is 2.43. The summed E-state index contributed by atoms with van der Waals surface area (Å²) >= 11 is 0. The Bertz CT molecular complexity index is 1410. The smallest absolute Gasteiger partial charge is 0.338 e. The van der Waals surface area contributed by atoms with E-state index in [1.54, 1.807) is 0 Å². The first kappa shape index (κ1) is 28.8. The average Bonchev–Trinajstić information content (AvgIpc) is 2.86. The first-order valence-corrected chi connectivity index (χ1v) is 17.7. The van der Waals surface area contributed by atoms with Gasteiger partial charge in [0.15, 0.2) is 0 Å². The van der Waals surface area contributed by atoms with Gasteiger partial charge in [-0.3, -0.25) is 0 Å². The van der Waals surface area contributed by atoms with Crippen molar-refractivity contribution in [2.75, 3.05) is 6.61 Å². The predicted octanol–water partition coefficient (Wildman–Crippen LogP) is 9.69.